The van der Waals surface area contributed by atoms with Crippen molar-refractivity contribution in [3.05, 3.63) is 52.8 Å². The molecule has 0 aliphatic carbocycles. The van der Waals surface area contributed by atoms with Crippen LogP contribution in [0.3, 0.4) is 0 Å². The average molecular weight is 345 g/mol. The molecule has 1 aromatic carbocycles. The summed E-state index contributed by atoms with van der Waals surface area (Å²) in [6.45, 7) is 5.99. The molecule has 0 fully saturated rings. The van der Waals surface area contributed by atoms with Crippen molar-refractivity contribution in [2.24, 2.45) is 0 Å². The van der Waals surface area contributed by atoms with Gasteiger partial charge < -0.3 is 19.1 Å². The zero-order valence-corrected chi connectivity index (χ0v) is 14.9. The molecule has 1 aromatic heterocycles. The first kappa shape index (κ1) is 18.7. The number of phenolic OH excluding ortho intramolecular Hbond substituents is 1. The van der Waals surface area contributed by atoms with E-state index in [9.17, 15) is 14.7 Å². The lowest BCUT2D eigenvalue weighted by Crippen LogP contribution is -2.17. The quantitative estimate of drug-likeness (QED) is 0.616. The van der Waals surface area contributed by atoms with Crippen molar-refractivity contribution in [2.45, 2.75) is 26.8 Å². The standard InChI is InChI=1S/C19H23NO5/c1-12-8-17(14(3)20(12)13(2)10-24-4)18(22)11-25-19(23)15-6-5-7-16(21)9-15/h5-9,13,21H,10-11H2,1-4H3/t13-/m0/s1. The molecular formula is C19H23NO5. The van der Waals surface area contributed by atoms with Crippen LogP contribution in [0.5, 0.6) is 5.75 Å². The van der Waals surface area contributed by atoms with E-state index < -0.39 is 5.97 Å². The van der Waals surface area contributed by atoms with E-state index in [1.54, 1.807) is 19.2 Å². The number of methoxy groups -OCH3 is 1. The van der Waals surface area contributed by atoms with Gasteiger partial charge in [0.15, 0.2) is 6.61 Å². The highest BCUT2D eigenvalue weighted by Gasteiger charge is 2.20. The highest BCUT2D eigenvalue weighted by atomic mass is 16.5. The number of ether oxygens (including phenoxy) is 2. The van der Waals surface area contributed by atoms with Crippen molar-refractivity contribution in [1.82, 2.24) is 4.57 Å². The van der Waals surface area contributed by atoms with Gasteiger partial charge in [-0.25, -0.2) is 4.79 Å². The number of aromatic nitrogens is 1. The Kier molecular flexibility index (Phi) is 5.98. The number of benzene rings is 1. The zero-order chi connectivity index (χ0) is 18.6. The third-order valence-corrected chi connectivity index (χ3v) is 4.05. The van der Waals surface area contributed by atoms with Crippen LogP contribution in [0.4, 0.5) is 0 Å². The predicted octanol–water partition coefficient (Wildman–Crippen LogP) is 3.06. The van der Waals surface area contributed by atoms with Gasteiger partial charge in [-0.2, -0.15) is 0 Å². The molecule has 1 atom stereocenters. The van der Waals surface area contributed by atoms with Gasteiger partial charge in [-0.3, -0.25) is 4.79 Å². The van der Waals surface area contributed by atoms with E-state index in [0.717, 1.165) is 11.4 Å². The minimum Gasteiger partial charge on any atom is -0.508 e. The molecule has 0 bridgehead atoms. The molecule has 2 rings (SSSR count). The van der Waals surface area contributed by atoms with Gasteiger partial charge in [0.25, 0.3) is 0 Å². The van der Waals surface area contributed by atoms with Gasteiger partial charge in [0.2, 0.25) is 5.78 Å². The molecule has 0 spiro atoms. The van der Waals surface area contributed by atoms with Gasteiger partial charge in [-0.1, -0.05) is 6.07 Å². The number of aryl methyl sites for hydroxylation is 1. The minimum absolute atomic E-state index is 0.0311. The van der Waals surface area contributed by atoms with Crippen molar-refractivity contribution in [2.75, 3.05) is 20.3 Å². The lowest BCUT2D eigenvalue weighted by atomic mass is 10.1. The number of Topliss-reactive ketones (excluding diaryl/α,β-unsaturated/α-hetero) is 1. The molecule has 1 N–H and O–H groups in total. The Balaban J connectivity index is 2.09. The number of rotatable bonds is 7. The summed E-state index contributed by atoms with van der Waals surface area (Å²) in [5.41, 5.74) is 2.50. The molecule has 0 radical (unpaired) electrons. The second-order valence-electron chi connectivity index (χ2n) is 6.01. The second-order valence-corrected chi connectivity index (χ2v) is 6.01. The first-order valence-electron chi connectivity index (χ1n) is 8.01. The van der Waals surface area contributed by atoms with Gasteiger partial charge in [-0.05, 0) is 45.0 Å². The van der Waals surface area contributed by atoms with Crippen LogP contribution in [0.15, 0.2) is 30.3 Å². The number of aromatic hydroxyl groups is 1. The topological polar surface area (TPSA) is 77.8 Å². The Bertz CT molecular complexity index is 778. The summed E-state index contributed by atoms with van der Waals surface area (Å²) in [4.78, 5) is 24.4. The van der Waals surface area contributed by atoms with E-state index in [4.69, 9.17) is 9.47 Å². The zero-order valence-electron chi connectivity index (χ0n) is 14.9. The molecule has 25 heavy (non-hydrogen) atoms. The maximum Gasteiger partial charge on any atom is 0.338 e. The predicted molar refractivity (Wildman–Crippen MR) is 93.2 cm³/mol. The van der Waals surface area contributed by atoms with E-state index in [2.05, 4.69) is 0 Å². The Morgan fingerprint density at radius 2 is 1.96 bits per heavy atom. The molecule has 0 unspecified atom stereocenters. The maximum atomic E-state index is 12.4. The van der Waals surface area contributed by atoms with Crippen LogP contribution in [-0.2, 0) is 9.47 Å². The first-order valence-corrected chi connectivity index (χ1v) is 8.01. The van der Waals surface area contributed by atoms with Crippen molar-refractivity contribution in [3.8, 4) is 5.75 Å². The molecule has 134 valence electrons. The molecule has 6 nitrogen and oxygen atoms in total. The largest absolute Gasteiger partial charge is 0.508 e. The van der Waals surface area contributed by atoms with Crippen LogP contribution >= 0.6 is 0 Å². The Labute approximate surface area is 147 Å². The number of hydrogen-bond acceptors (Lipinski definition) is 5. The third kappa shape index (κ3) is 4.28. The van der Waals surface area contributed by atoms with Crippen LogP contribution < -0.4 is 0 Å². The molecule has 0 saturated heterocycles. The van der Waals surface area contributed by atoms with Crippen molar-refractivity contribution in [1.29, 1.82) is 0 Å². The van der Waals surface area contributed by atoms with E-state index >= 15 is 0 Å². The molecule has 0 aliphatic rings. The number of esters is 1. The van der Waals surface area contributed by atoms with Crippen LogP contribution in [0, 0.1) is 13.8 Å². The third-order valence-electron chi connectivity index (χ3n) is 4.05. The van der Waals surface area contributed by atoms with Crippen LogP contribution in [0.1, 0.15) is 45.1 Å². The Morgan fingerprint density at radius 1 is 1.24 bits per heavy atom. The summed E-state index contributed by atoms with van der Waals surface area (Å²) in [6.07, 6.45) is 0. The van der Waals surface area contributed by atoms with Crippen molar-refractivity contribution < 1.29 is 24.2 Å². The smallest absolute Gasteiger partial charge is 0.338 e. The summed E-state index contributed by atoms with van der Waals surface area (Å²) in [5.74, 6) is -0.945. The summed E-state index contributed by atoms with van der Waals surface area (Å²) in [6, 6.07) is 7.71. The SMILES string of the molecule is COC[C@H](C)n1c(C)cc(C(=O)COC(=O)c2cccc(O)c2)c1C. The molecular weight excluding hydrogens is 322 g/mol. The molecule has 2 aromatic rings. The van der Waals surface area contributed by atoms with Gasteiger partial charge in [0.05, 0.1) is 18.2 Å². The second kappa shape index (κ2) is 7.98. The van der Waals surface area contributed by atoms with Crippen LogP contribution in [0.2, 0.25) is 0 Å². The van der Waals surface area contributed by atoms with Crippen LogP contribution in [0.25, 0.3) is 0 Å². The number of hydrogen-bond donors (Lipinski definition) is 1. The minimum atomic E-state index is -0.647. The van der Waals surface area contributed by atoms with E-state index in [1.807, 2.05) is 25.3 Å². The number of nitrogens with zero attached hydrogens (tertiary/aromatic N) is 1. The summed E-state index contributed by atoms with van der Waals surface area (Å²) >= 11 is 0. The normalized spacial score (nSPS) is 12.0. The number of ketones is 1. The average Bonchev–Trinajstić information content (AvgIpc) is 2.87. The summed E-state index contributed by atoms with van der Waals surface area (Å²) in [5, 5.41) is 9.40. The van der Waals surface area contributed by atoms with Gasteiger partial charge in [0.1, 0.15) is 5.75 Å². The highest BCUT2D eigenvalue weighted by Crippen LogP contribution is 2.21. The summed E-state index contributed by atoms with van der Waals surface area (Å²) < 4.78 is 12.3. The lowest BCUT2D eigenvalue weighted by molar-refractivity contribution is 0.0474. The van der Waals surface area contributed by atoms with Gasteiger partial charge in [0, 0.05) is 24.1 Å². The number of carbonyl (C=O) groups excluding carboxylic acids is 2. The first-order chi connectivity index (χ1) is 11.8. The number of phenols is 1. The summed E-state index contributed by atoms with van der Waals surface area (Å²) in [7, 11) is 1.64. The van der Waals surface area contributed by atoms with Crippen molar-refractivity contribution >= 4 is 11.8 Å². The fourth-order valence-corrected chi connectivity index (χ4v) is 2.98. The Hall–Kier alpha value is -2.60. The monoisotopic (exact) mass is 345 g/mol. The fourth-order valence-electron chi connectivity index (χ4n) is 2.98. The van der Waals surface area contributed by atoms with Crippen molar-refractivity contribution in [3.63, 3.8) is 0 Å². The molecule has 1 heterocycles. The maximum absolute atomic E-state index is 12.4. The van der Waals surface area contributed by atoms with Gasteiger partial charge >= 0.3 is 5.97 Å². The van der Waals surface area contributed by atoms with Crippen LogP contribution in [-0.4, -0.2) is 41.7 Å². The van der Waals surface area contributed by atoms with E-state index in [0.29, 0.717) is 12.2 Å². The molecule has 0 aliphatic heterocycles. The highest BCUT2D eigenvalue weighted by molar-refractivity contribution is 6.00. The Morgan fingerprint density at radius 3 is 2.60 bits per heavy atom. The molecule has 0 saturated carbocycles. The molecule has 0 amide bonds. The lowest BCUT2D eigenvalue weighted by Gasteiger charge is -2.17. The fraction of sp³-hybridized carbons (Fsp3) is 0.368. The molecule has 6 heteroatoms. The van der Waals surface area contributed by atoms with E-state index in [-0.39, 0.29) is 29.7 Å². The van der Waals surface area contributed by atoms with Gasteiger partial charge in [-0.15, -0.1) is 0 Å². The van der Waals surface area contributed by atoms with E-state index in [1.165, 1.54) is 18.2 Å². The number of carbonyl (C=O) groups is 2.